The second-order valence-corrected chi connectivity index (χ2v) is 12.2. The van der Waals surface area contributed by atoms with E-state index in [9.17, 15) is 0 Å². The summed E-state index contributed by atoms with van der Waals surface area (Å²) in [7, 11) is 0. The Labute approximate surface area is 254 Å². The molecule has 0 bridgehead atoms. The maximum Gasteiger partial charge on any atom is 0.100 e. The van der Waals surface area contributed by atoms with Gasteiger partial charge in [-0.15, -0.1) is 0 Å². The summed E-state index contributed by atoms with van der Waals surface area (Å²) < 4.78 is 4.77. The maximum absolute atomic E-state index is 4.89. The van der Waals surface area contributed by atoms with Gasteiger partial charge < -0.3 is 4.57 Å². The predicted molar refractivity (Wildman–Crippen MR) is 182 cm³/mol. The molecule has 0 aliphatic heterocycles. The first-order valence-electron chi connectivity index (χ1n) is 16.9. The van der Waals surface area contributed by atoms with Crippen LogP contribution in [0.3, 0.4) is 0 Å². The van der Waals surface area contributed by atoms with E-state index in [1.54, 1.807) is 0 Å². The van der Waals surface area contributed by atoms with Crippen LogP contribution in [0.5, 0.6) is 0 Å². The van der Waals surface area contributed by atoms with E-state index in [-0.39, 0.29) is 0 Å². The van der Waals surface area contributed by atoms with E-state index < -0.39 is 0 Å². The zero-order valence-electron chi connectivity index (χ0n) is 26.6. The molecular weight excluding hydrogens is 510 g/mol. The molecule has 5 rings (SSSR count). The van der Waals surface area contributed by atoms with Crippen LogP contribution in [-0.4, -0.2) is 14.1 Å². The highest BCUT2D eigenvalue weighted by Crippen LogP contribution is 2.32. The fraction of sp³-hybridized carbons (Fsp3) is 0.462. The molecule has 2 aromatic heterocycles. The largest absolute Gasteiger partial charge is 0.316 e. The van der Waals surface area contributed by atoms with Gasteiger partial charge in [0.2, 0.25) is 0 Å². The summed E-state index contributed by atoms with van der Waals surface area (Å²) in [5, 5.41) is 1.35. The third-order valence-corrected chi connectivity index (χ3v) is 8.84. The number of nitrogens with zero attached hydrogens (tertiary/aromatic N) is 3. The van der Waals surface area contributed by atoms with Crippen LogP contribution < -0.4 is 0 Å². The second kappa shape index (κ2) is 14.7. The molecule has 3 nitrogen and oxygen atoms in total. The Morgan fingerprint density at radius 3 is 1.74 bits per heavy atom. The molecule has 2 heterocycles. The van der Waals surface area contributed by atoms with E-state index in [2.05, 4.69) is 97.6 Å². The number of rotatable bonds is 16. The number of imidazole rings is 1. The first-order valence-corrected chi connectivity index (χ1v) is 16.9. The van der Waals surface area contributed by atoms with Crippen molar-refractivity contribution < 1.29 is 0 Å². The molecule has 0 spiro atoms. The van der Waals surface area contributed by atoms with Crippen LogP contribution in [0.1, 0.15) is 114 Å². The zero-order valence-corrected chi connectivity index (χ0v) is 26.6. The number of aromatic nitrogens is 3. The van der Waals surface area contributed by atoms with Gasteiger partial charge >= 0.3 is 0 Å². The van der Waals surface area contributed by atoms with E-state index in [1.165, 1.54) is 108 Å². The van der Waals surface area contributed by atoms with Crippen LogP contribution >= 0.6 is 0 Å². The molecule has 0 amide bonds. The minimum absolute atomic E-state index is 1.05. The molecular formula is C39H51N3. The van der Waals surface area contributed by atoms with Crippen molar-refractivity contribution in [2.24, 2.45) is 0 Å². The van der Waals surface area contributed by atoms with Gasteiger partial charge in [-0.1, -0.05) is 91.2 Å². The number of hydrogen-bond donors (Lipinski definition) is 0. The molecule has 42 heavy (non-hydrogen) atoms. The third kappa shape index (κ3) is 6.83. The number of unbranched alkanes of at least 4 members (excludes halogenated alkanes) is 6. The van der Waals surface area contributed by atoms with Crippen LogP contribution in [0, 0.1) is 0 Å². The van der Waals surface area contributed by atoms with Crippen molar-refractivity contribution >= 4 is 21.9 Å². The molecule has 0 unspecified atom stereocenters. The van der Waals surface area contributed by atoms with E-state index in [4.69, 9.17) is 4.98 Å². The van der Waals surface area contributed by atoms with Crippen LogP contribution in [-0.2, 0) is 25.7 Å². The topological polar surface area (TPSA) is 22.8 Å². The number of benzene rings is 3. The molecule has 3 heteroatoms. The Morgan fingerprint density at radius 1 is 0.524 bits per heavy atom. The Kier molecular flexibility index (Phi) is 10.6. The van der Waals surface area contributed by atoms with Crippen LogP contribution in [0.15, 0.2) is 67.1 Å². The Balaban J connectivity index is 1.50. The molecule has 0 N–H and O–H groups in total. The first-order chi connectivity index (χ1) is 20.7. The van der Waals surface area contributed by atoms with Gasteiger partial charge in [-0.2, -0.15) is 0 Å². The van der Waals surface area contributed by atoms with Crippen molar-refractivity contribution in [3.05, 3.63) is 89.4 Å². The van der Waals surface area contributed by atoms with E-state index in [0.717, 1.165) is 37.6 Å². The third-order valence-electron chi connectivity index (χ3n) is 8.84. The van der Waals surface area contributed by atoms with E-state index in [1.807, 2.05) is 6.33 Å². The summed E-state index contributed by atoms with van der Waals surface area (Å²) in [6, 6.07) is 21.2. The monoisotopic (exact) mass is 561 g/mol. The lowest BCUT2D eigenvalue weighted by atomic mass is 9.99. The zero-order chi connectivity index (χ0) is 29.3. The molecule has 0 aliphatic carbocycles. The Hall–Kier alpha value is -3.33. The molecule has 0 fully saturated rings. The molecule has 0 atom stereocenters. The summed E-state index contributed by atoms with van der Waals surface area (Å²) in [5.74, 6) is 0. The smallest absolute Gasteiger partial charge is 0.100 e. The van der Waals surface area contributed by atoms with Crippen LogP contribution in [0.4, 0.5) is 0 Å². The Morgan fingerprint density at radius 2 is 1.12 bits per heavy atom. The summed E-state index contributed by atoms with van der Waals surface area (Å²) in [5.41, 5.74) is 11.9. The quantitative estimate of drug-likeness (QED) is 0.110. The van der Waals surface area contributed by atoms with Crippen molar-refractivity contribution in [1.82, 2.24) is 14.1 Å². The molecule has 0 saturated carbocycles. The average Bonchev–Trinajstić information content (AvgIpc) is 3.62. The standard InChI is InChI=1S/C39H51N3/c1-5-9-11-13-17-30-19-21-36-34(25-30)23-24-41(36)38-27-33(16-8-4)39(28-32(38)15-7-3)42-29-40-35-26-31(20-22-37(35)42)18-14-12-10-6-2/h19-29H,5-18H2,1-4H3. The minimum atomic E-state index is 1.05. The van der Waals surface area contributed by atoms with Gasteiger partial charge in [0.15, 0.2) is 0 Å². The van der Waals surface area contributed by atoms with Crippen LogP contribution in [0.2, 0.25) is 0 Å². The van der Waals surface area contributed by atoms with Gasteiger partial charge in [-0.25, -0.2) is 4.98 Å². The predicted octanol–water partition coefficient (Wildman–Crippen LogP) is 11.1. The molecule has 222 valence electrons. The molecule has 3 aromatic carbocycles. The lowest BCUT2D eigenvalue weighted by molar-refractivity contribution is 0.667. The van der Waals surface area contributed by atoms with Gasteiger partial charge in [0.25, 0.3) is 0 Å². The highest BCUT2D eigenvalue weighted by Gasteiger charge is 2.16. The van der Waals surface area contributed by atoms with Gasteiger partial charge in [0, 0.05) is 17.3 Å². The fourth-order valence-electron chi connectivity index (χ4n) is 6.53. The van der Waals surface area contributed by atoms with E-state index >= 15 is 0 Å². The van der Waals surface area contributed by atoms with Gasteiger partial charge in [0.1, 0.15) is 6.33 Å². The molecule has 5 aromatic rings. The second-order valence-electron chi connectivity index (χ2n) is 12.2. The van der Waals surface area contributed by atoms with Gasteiger partial charge in [-0.05, 0) is 103 Å². The summed E-state index contributed by atoms with van der Waals surface area (Å²) >= 11 is 0. The van der Waals surface area contributed by atoms with E-state index in [0.29, 0.717) is 0 Å². The SMILES string of the molecule is CCCCCCc1ccc2c(ccn2-c2cc(CCC)c(-n3cnc4cc(CCCCCC)ccc43)cc2CCC)c1. The highest BCUT2D eigenvalue weighted by molar-refractivity contribution is 5.83. The highest BCUT2D eigenvalue weighted by atomic mass is 15.1. The van der Waals surface area contributed by atoms with Crippen molar-refractivity contribution in [3.63, 3.8) is 0 Å². The normalized spacial score (nSPS) is 11.7. The van der Waals surface area contributed by atoms with Crippen molar-refractivity contribution in [2.75, 3.05) is 0 Å². The molecule has 0 aliphatic rings. The maximum atomic E-state index is 4.89. The Bertz CT molecular complexity index is 1460. The first kappa shape index (κ1) is 30.1. The lowest BCUT2D eigenvalue weighted by Gasteiger charge is -2.19. The molecule has 0 saturated heterocycles. The van der Waals surface area contributed by atoms with Gasteiger partial charge in [0.05, 0.1) is 22.2 Å². The number of hydrogen-bond acceptors (Lipinski definition) is 1. The van der Waals surface area contributed by atoms with Crippen molar-refractivity contribution in [1.29, 1.82) is 0 Å². The average molecular weight is 562 g/mol. The minimum Gasteiger partial charge on any atom is -0.316 e. The number of aryl methyl sites for hydroxylation is 4. The number of fused-ring (bicyclic) bond motifs is 2. The summed E-state index contributed by atoms with van der Waals surface area (Å²) in [6.07, 6.45) is 21.4. The van der Waals surface area contributed by atoms with Gasteiger partial charge in [-0.3, -0.25) is 4.57 Å². The summed E-state index contributed by atoms with van der Waals surface area (Å²) in [6.45, 7) is 9.13. The fourth-order valence-corrected chi connectivity index (χ4v) is 6.53. The van der Waals surface area contributed by atoms with Crippen LogP contribution in [0.25, 0.3) is 33.3 Å². The van der Waals surface area contributed by atoms with Crippen molar-refractivity contribution in [3.8, 4) is 11.4 Å². The lowest BCUT2D eigenvalue weighted by Crippen LogP contribution is -2.06. The molecule has 0 radical (unpaired) electrons. The summed E-state index contributed by atoms with van der Waals surface area (Å²) in [4.78, 5) is 4.89. The van der Waals surface area contributed by atoms with Crippen molar-refractivity contribution in [2.45, 2.75) is 118 Å².